The minimum absolute atomic E-state index is 0.0399. The minimum Gasteiger partial charge on any atom is -0.459 e. The number of rotatable bonds is 4. The van der Waals surface area contributed by atoms with E-state index in [0.717, 1.165) is 12.0 Å². The first-order valence-corrected chi connectivity index (χ1v) is 8.25. The molecule has 0 aromatic carbocycles. The van der Waals surface area contributed by atoms with Crippen molar-refractivity contribution < 1.29 is 19.1 Å². The summed E-state index contributed by atoms with van der Waals surface area (Å²) in [5.41, 5.74) is 0.835. The Hall–Kier alpha value is -2.12. The van der Waals surface area contributed by atoms with E-state index in [4.69, 9.17) is 4.42 Å². The van der Waals surface area contributed by atoms with Crippen molar-refractivity contribution in [1.29, 1.82) is 0 Å². The third kappa shape index (κ3) is 3.30. The van der Waals surface area contributed by atoms with Crippen LogP contribution >= 0.6 is 11.3 Å². The maximum absolute atomic E-state index is 12.6. The highest BCUT2D eigenvalue weighted by atomic mass is 32.1. The first-order chi connectivity index (χ1) is 11.1. The van der Waals surface area contributed by atoms with Crippen LogP contribution in [0.25, 0.3) is 0 Å². The number of anilines is 1. The predicted molar refractivity (Wildman–Crippen MR) is 86.8 cm³/mol. The first-order valence-electron chi connectivity index (χ1n) is 7.44. The number of carbonyl (C=O) groups excluding carboxylic acids is 2. The van der Waals surface area contributed by atoms with Gasteiger partial charge in [-0.05, 0) is 37.1 Å². The van der Waals surface area contributed by atoms with Crippen LogP contribution in [-0.2, 0) is 0 Å². The van der Waals surface area contributed by atoms with E-state index in [9.17, 15) is 14.7 Å². The molecule has 0 radical (unpaired) electrons. The lowest BCUT2D eigenvalue weighted by molar-refractivity contribution is 0.0785. The molecule has 2 aromatic rings. The van der Waals surface area contributed by atoms with Crippen molar-refractivity contribution in [3.05, 3.63) is 40.7 Å². The van der Waals surface area contributed by atoms with Crippen LogP contribution < -0.4 is 5.32 Å². The average molecular weight is 334 g/mol. The SMILES string of the molecule is Cc1cc(NC(=O)c2ccco2)sc1C(=O)N1CCC(CO)C1. The van der Waals surface area contributed by atoms with Gasteiger partial charge in [-0.1, -0.05) is 0 Å². The van der Waals surface area contributed by atoms with E-state index in [1.54, 1.807) is 23.1 Å². The fourth-order valence-electron chi connectivity index (χ4n) is 2.65. The van der Waals surface area contributed by atoms with Gasteiger partial charge in [-0.25, -0.2) is 0 Å². The summed E-state index contributed by atoms with van der Waals surface area (Å²) in [6.07, 6.45) is 2.27. The smallest absolute Gasteiger partial charge is 0.291 e. The van der Waals surface area contributed by atoms with Gasteiger partial charge in [-0.3, -0.25) is 9.59 Å². The zero-order valence-electron chi connectivity index (χ0n) is 12.7. The van der Waals surface area contributed by atoms with Crippen LogP contribution in [-0.4, -0.2) is 41.5 Å². The lowest BCUT2D eigenvalue weighted by Gasteiger charge is -2.15. The van der Waals surface area contributed by atoms with Gasteiger partial charge in [0, 0.05) is 25.6 Å². The second-order valence-electron chi connectivity index (χ2n) is 5.64. The van der Waals surface area contributed by atoms with E-state index in [1.807, 2.05) is 6.92 Å². The van der Waals surface area contributed by atoms with Crippen LogP contribution in [0, 0.1) is 12.8 Å². The van der Waals surface area contributed by atoms with Gasteiger partial charge >= 0.3 is 0 Å². The van der Waals surface area contributed by atoms with E-state index in [1.165, 1.54) is 17.6 Å². The Bertz CT molecular complexity index is 708. The molecule has 2 aromatic heterocycles. The molecule has 2 amide bonds. The summed E-state index contributed by atoms with van der Waals surface area (Å²) in [5.74, 6) is 0.0188. The van der Waals surface area contributed by atoms with E-state index >= 15 is 0 Å². The Kier molecular flexibility index (Phi) is 4.49. The van der Waals surface area contributed by atoms with Crippen LogP contribution in [0.4, 0.5) is 5.00 Å². The predicted octanol–water partition coefficient (Wildman–Crippen LogP) is 2.36. The lowest BCUT2D eigenvalue weighted by Crippen LogP contribution is -2.28. The molecular formula is C16H18N2O4S. The maximum atomic E-state index is 12.6. The summed E-state index contributed by atoms with van der Waals surface area (Å²) in [7, 11) is 0. The van der Waals surface area contributed by atoms with Gasteiger partial charge in [0.25, 0.3) is 11.8 Å². The Morgan fingerprint density at radius 2 is 2.35 bits per heavy atom. The summed E-state index contributed by atoms with van der Waals surface area (Å²) in [6, 6.07) is 5.02. The van der Waals surface area contributed by atoms with E-state index < -0.39 is 0 Å². The minimum atomic E-state index is -0.336. The largest absolute Gasteiger partial charge is 0.459 e. The Balaban J connectivity index is 1.71. The van der Waals surface area contributed by atoms with Gasteiger partial charge in [-0.15, -0.1) is 11.3 Å². The zero-order valence-corrected chi connectivity index (χ0v) is 13.6. The molecule has 1 fully saturated rings. The second kappa shape index (κ2) is 6.55. The second-order valence-corrected chi connectivity index (χ2v) is 6.69. The molecule has 6 nitrogen and oxygen atoms in total. The number of hydrogen-bond acceptors (Lipinski definition) is 5. The number of nitrogens with zero attached hydrogens (tertiary/aromatic N) is 1. The molecule has 1 aliphatic heterocycles. The number of carbonyl (C=O) groups is 2. The maximum Gasteiger partial charge on any atom is 0.291 e. The number of aryl methyl sites for hydroxylation is 1. The number of thiophene rings is 1. The summed E-state index contributed by atoms with van der Waals surface area (Å²) >= 11 is 1.26. The molecular weight excluding hydrogens is 316 g/mol. The van der Waals surface area contributed by atoms with Crippen molar-refractivity contribution in [1.82, 2.24) is 4.90 Å². The number of aliphatic hydroxyl groups excluding tert-OH is 1. The average Bonchev–Trinajstić information content (AvgIpc) is 3.27. The van der Waals surface area contributed by atoms with Crippen molar-refractivity contribution in [2.75, 3.05) is 25.0 Å². The van der Waals surface area contributed by atoms with Gasteiger partial charge in [0.2, 0.25) is 0 Å². The molecule has 3 heterocycles. The summed E-state index contributed by atoms with van der Waals surface area (Å²) in [5, 5.41) is 12.6. The number of aliphatic hydroxyl groups is 1. The van der Waals surface area contributed by atoms with Crippen LogP contribution in [0.15, 0.2) is 28.9 Å². The molecule has 1 aliphatic rings. The van der Waals surface area contributed by atoms with E-state index in [0.29, 0.717) is 23.0 Å². The quantitative estimate of drug-likeness (QED) is 0.899. The van der Waals surface area contributed by atoms with Crippen molar-refractivity contribution in [2.45, 2.75) is 13.3 Å². The molecule has 3 rings (SSSR count). The van der Waals surface area contributed by atoms with Crippen LogP contribution in [0.5, 0.6) is 0 Å². The Morgan fingerprint density at radius 1 is 1.52 bits per heavy atom. The number of furan rings is 1. The van der Waals surface area contributed by atoms with E-state index in [2.05, 4.69) is 5.32 Å². The molecule has 23 heavy (non-hydrogen) atoms. The molecule has 0 aliphatic carbocycles. The lowest BCUT2D eigenvalue weighted by atomic mass is 10.1. The van der Waals surface area contributed by atoms with Crippen LogP contribution in [0.2, 0.25) is 0 Å². The van der Waals surface area contributed by atoms with Crippen molar-refractivity contribution in [2.24, 2.45) is 5.92 Å². The number of likely N-dealkylation sites (tertiary alicyclic amines) is 1. The van der Waals surface area contributed by atoms with Gasteiger partial charge < -0.3 is 19.7 Å². The van der Waals surface area contributed by atoms with Crippen LogP contribution in [0.1, 0.15) is 32.2 Å². The van der Waals surface area contributed by atoms with Gasteiger partial charge in [0.15, 0.2) is 5.76 Å². The summed E-state index contributed by atoms with van der Waals surface area (Å²) in [4.78, 5) is 26.9. The van der Waals surface area contributed by atoms with Crippen molar-refractivity contribution >= 4 is 28.2 Å². The molecule has 1 atom stereocenters. The van der Waals surface area contributed by atoms with Gasteiger partial charge in [-0.2, -0.15) is 0 Å². The molecule has 1 saturated heterocycles. The highest BCUT2D eigenvalue weighted by molar-refractivity contribution is 7.18. The third-order valence-corrected chi connectivity index (χ3v) is 5.07. The third-order valence-electron chi connectivity index (χ3n) is 3.92. The summed E-state index contributed by atoms with van der Waals surface area (Å²) < 4.78 is 5.05. The summed E-state index contributed by atoms with van der Waals surface area (Å²) in [6.45, 7) is 3.21. The Labute approximate surface area is 137 Å². The molecule has 0 spiro atoms. The molecule has 2 N–H and O–H groups in total. The molecule has 122 valence electrons. The highest BCUT2D eigenvalue weighted by Crippen LogP contribution is 2.30. The number of hydrogen-bond donors (Lipinski definition) is 2. The topological polar surface area (TPSA) is 82.8 Å². The molecule has 0 bridgehead atoms. The fourth-order valence-corrected chi connectivity index (χ4v) is 3.68. The normalized spacial score (nSPS) is 17.5. The molecule has 0 saturated carbocycles. The Morgan fingerprint density at radius 3 is 3.00 bits per heavy atom. The fraction of sp³-hybridized carbons (Fsp3) is 0.375. The number of nitrogens with one attached hydrogen (secondary N) is 1. The molecule has 7 heteroatoms. The number of amides is 2. The monoisotopic (exact) mass is 334 g/mol. The van der Waals surface area contributed by atoms with Crippen molar-refractivity contribution in [3.63, 3.8) is 0 Å². The first kappa shape index (κ1) is 15.8. The molecule has 1 unspecified atom stereocenters. The highest BCUT2D eigenvalue weighted by Gasteiger charge is 2.28. The standard InChI is InChI=1S/C16H18N2O4S/c1-10-7-13(17-15(20)12-3-2-6-22-12)23-14(10)16(21)18-5-4-11(8-18)9-19/h2-3,6-7,11,19H,4-5,8-9H2,1H3,(H,17,20). The van der Waals surface area contributed by atoms with Gasteiger partial charge in [0.1, 0.15) is 0 Å². The van der Waals surface area contributed by atoms with Gasteiger partial charge in [0.05, 0.1) is 16.1 Å². The van der Waals surface area contributed by atoms with Crippen molar-refractivity contribution in [3.8, 4) is 0 Å². The zero-order chi connectivity index (χ0) is 16.4. The van der Waals surface area contributed by atoms with Crippen LogP contribution in [0.3, 0.4) is 0 Å². The van der Waals surface area contributed by atoms with E-state index in [-0.39, 0.29) is 30.1 Å².